The SMILES string of the molecule is C[C@@H]1C[C@@H](C)CN(CC(=O)N2CCN(S(=O)(=O)c3ccccc3)CC2)C1. The fourth-order valence-electron chi connectivity index (χ4n) is 4.13. The van der Waals surface area contributed by atoms with Crippen molar-refractivity contribution in [3.8, 4) is 0 Å². The monoisotopic (exact) mass is 379 g/mol. The molecule has 7 heteroatoms. The third-order valence-electron chi connectivity index (χ3n) is 5.28. The number of amides is 1. The predicted molar refractivity (Wildman–Crippen MR) is 101 cm³/mol. The molecule has 0 radical (unpaired) electrons. The van der Waals surface area contributed by atoms with Crippen LogP contribution in [0.25, 0.3) is 0 Å². The first-order valence-electron chi connectivity index (χ1n) is 9.41. The molecule has 2 fully saturated rings. The maximum atomic E-state index is 12.7. The Hall–Kier alpha value is -1.44. The van der Waals surface area contributed by atoms with E-state index < -0.39 is 10.0 Å². The Morgan fingerprint density at radius 2 is 1.58 bits per heavy atom. The van der Waals surface area contributed by atoms with Crippen molar-refractivity contribution in [1.82, 2.24) is 14.1 Å². The van der Waals surface area contributed by atoms with E-state index in [1.165, 1.54) is 10.7 Å². The van der Waals surface area contributed by atoms with Crippen LogP contribution in [0, 0.1) is 11.8 Å². The first kappa shape index (κ1) is 19.3. The van der Waals surface area contributed by atoms with Crippen LogP contribution in [0.3, 0.4) is 0 Å². The summed E-state index contributed by atoms with van der Waals surface area (Å²) in [6.07, 6.45) is 1.22. The third-order valence-corrected chi connectivity index (χ3v) is 7.19. The van der Waals surface area contributed by atoms with Crippen LogP contribution < -0.4 is 0 Å². The molecule has 1 aromatic carbocycles. The van der Waals surface area contributed by atoms with Gasteiger partial charge in [-0.05, 0) is 30.4 Å². The molecule has 0 N–H and O–H groups in total. The maximum absolute atomic E-state index is 12.7. The molecule has 6 nitrogen and oxygen atoms in total. The second kappa shape index (κ2) is 8.06. The molecule has 144 valence electrons. The first-order chi connectivity index (χ1) is 12.4. The van der Waals surface area contributed by atoms with Crippen molar-refractivity contribution < 1.29 is 13.2 Å². The lowest BCUT2D eigenvalue weighted by molar-refractivity contribution is -0.134. The summed E-state index contributed by atoms with van der Waals surface area (Å²) in [6, 6.07) is 8.50. The summed E-state index contributed by atoms with van der Waals surface area (Å²) in [5, 5.41) is 0. The van der Waals surface area contributed by atoms with Crippen molar-refractivity contribution in [2.24, 2.45) is 11.8 Å². The number of piperazine rings is 1. The van der Waals surface area contributed by atoms with Crippen LogP contribution in [-0.2, 0) is 14.8 Å². The van der Waals surface area contributed by atoms with Gasteiger partial charge in [-0.1, -0.05) is 32.0 Å². The molecule has 1 aromatic rings. The largest absolute Gasteiger partial charge is 0.339 e. The average Bonchev–Trinajstić information content (AvgIpc) is 2.61. The summed E-state index contributed by atoms with van der Waals surface area (Å²) in [7, 11) is -3.47. The molecule has 0 aliphatic carbocycles. The van der Waals surface area contributed by atoms with Crippen molar-refractivity contribution in [3.05, 3.63) is 30.3 Å². The van der Waals surface area contributed by atoms with Crippen LogP contribution in [0.2, 0.25) is 0 Å². The zero-order chi connectivity index (χ0) is 18.7. The third kappa shape index (κ3) is 4.45. The predicted octanol–water partition coefficient (Wildman–Crippen LogP) is 1.50. The van der Waals surface area contributed by atoms with E-state index in [2.05, 4.69) is 18.7 Å². The zero-order valence-corrected chi connectivity index (χ0v) is 16.5. The highest BCUT2D eigenvalue weighted by atomic mass is 32.2. The fourth-order valence-corrected chi connectivity index (χ4v) is 5.58. The molecule has 0 saturated carbocycles. The molecule has 26 heavy (non-hydrogen) atoms. The standard InChI is InChI=1S/C19H29N3O3S/c1-16-12-17(2)14-20(13-16)15-19(23)21-8-10-22(11-9-21)26(24,25)18-6-4-3-5-7-18/h3-7,16-17H,8-15H2,1-2H3/t16-,17-/m1/s1. The molecule has 3 rings (SSSR count). The van der Waals surface area contributed by atoms with E-state index in [0.29, 0.717) is 49.5 Å². The minimum atomic E-state index is -3.47. The van der Waals surface area contributed by atoms with Crippen molar-refractivity contribution in [3.63, 3.8) is 0 Å². The highest BCUT2D eigenvalue weighted by Crippen LogP contribution is 2.21. The van der Waals surface area contributed by atoms with Crippen LogP contribution in [0.5, 0.6) is 0 Å². The molecule has 2 aliphatic rings. The molecule has 2 atom stereocenters. The van der Waals surface area contributed by atoms with Gasteiger partial charge in [-0.2, -0.15) is 4.31 Å². The van der Waals surface area contributed by atoms with Crippen molar-refractivity contribution in [1.29, 1.82) is 0 Å². The van der Waals surface area contributed by atoms with E-state index in [4.69, 9.17) is 0 Å². The molecule has 2 saturated heterocycles. The normalized spacial score (nSPS) is 26.0. The van der Waals surface area contributed by atoms with Crippen molar-refractivity contribution >= 4 is 15.9 Å². The Kier molecular flexibility index (Phi) is 5.99. The van der Waals surface area contributed by atoms with Crippen LogP contribution >= 0.6 is 0 Å². The second-order valence-corrected chi connectivity index (χ2v) is 9.68. The molecule has 0 spiro atoms. The Balaban J connectivity index is 1.54. The molecule has 2 heterocycles. The van der Waals surface area contributed by atoms with Gasteiger partial charge in [0, 0.05) is 39.3 Å². The minimum Gasteiger partial charge on any atom is -0.339 e. The zero-order valence-electron chi connectivity index (χ0n) is 15.7. The maximum Gasteiger partial charge on any atom is 0.243 e. The Morgan fingerprint density at radius 3 is 2.15 bits per heavy atom. The van der Waals surface area contributed by atoms with Crippen LogP contribution in [0.4, 0.5) is 0 Å². The molecular formula is C19H29N3O3S. The number of carbonyl (C=O) groups excluding carboxylic acids is 1. The van der Waals surface area contributed by atoms with Gasteiger partial charge in [0.25, 0.3) is 0 Å². The van der Waals surface area contributed by atoms with E-state index in [-0.39, 0.29) is 5.91 Å². The second-order valence-electron chi connectivity index (χ2n) is 7.74. The molecule has 1 amide bonds. The van der Waals surface area contributed by atoms with Gasteiger partial charge < -0.3 is 4.90 Å². The van der Waals surface area contributed by atoms with E-state index in [1.807, 2.05) is 0 Å². The molecule has 2 aliphatic heterocycles. The Bertz CT molecular complexity index is 705. The number of carbonyl (C=O) groups is 1. The quantitative estimate of drug-likeness (QED) is 0.795. The Morgan fingerprint density at radius 1 is 1.00 bits per heavy atom. The molecular weight excluding hydrogens is 350 g/mol. The van der Waals surface area contributed by atoms with E-state index >= 15 is 0 Å². The summed E-state index contributed by atoms with van der Waals surface area (Å²) in [5.74, 6) is 1.36. The lowest BCUT2D eigenvalue weighted by Gasteiger charge is -2.38. The molecule has 0 unspecified atom stereocenters. The van der Waals surface area contributed by atoms with Crippen LogP contribution in [-0.4, -0.2) is 74.2 Å². The number of hydrogen-bond donors (Lipinski definition) is 0. The van der Waals surface area contributed by atoms with Crippen molar-refractivity contribution in [2.75, 3.05) is 45.8 Å². The number of piperidine rings is 1. The topological polar surface area (TPSA) is 60.9 Å². The summed E-state index contributed by atoms with van der Waals surface area (Å²) < 4.78 is 26.8. The van der Waals surface area contributed by atoms with Gasteiger partial charge in [0.2, 0.25) is 15.9 Å². The van der Waals surface area contributed by atoms with Crippen LogP contribution in [0.1, 0.15) is 20.3 Å². The van der Waals surface area contributed by atoms with Gasteiger partial charge in [-0.15, -0.1) is 0 Å². The highest BCUT2D eigenvalue weighted by Gasteiger charge is 2.31. The summed E-state index contributed by atoms with van der Waals surface area (Å²) in [4.78, 5) is 17.0. The summed E-state index contributed by atoms with van der Waals surface area (Å²) in [6.45, 7) is 8.50. The van der Waals surface area contributed by atoms with Crippen LogP contribution in [0.15, 0.2) is 35.2 Å². The van der Waals surface area contributed by atoms with Gasteiger partial charge in [0.15, 0.2) is 0 Å². The van der Waals surface area contributed by atoms with Gasteiger partial charge in [0.1, 0.15) is 0 Å². The molecule has 0 aromatic heterocycles. The highest BCUT2D eigenvalue weighted by molar-refractivity contribution is 7.89. The first-order valence-corrected chi connectivity index (χ1v) is 10.9. The number of hydrogen-bond acceptors (Lipinski definition) is 4. The number of nitrogens with zero attached hydrogens (tertiary/aromatic N) is 3. The van der Waals surface area contributed by atoms with Gasteiger partial charge in [-0.3, -0.25) is 9.69 Å². The number of rotatable bonds is 4. The van der Waals surface area contributed by atoms with E-state index in [9.17, 15) is 13.2 Å². The number of sulfonamides is 1. The number of benzene rings is 1. The average molecular weight is 380 g/mol. The number of likely N-dealkylation sites (tertiary alicyclic amines) is 1. The Labute approximate surface area is 156 Å². The van der Waals surface area contributed by atoms with Crippen molar-refractivity contribution in [2.45, 2.75) is 25.2 Å². The van der Waals surface area contributed by atoms with Gasteiger partial charge in [-0.25, -0.2) is 8.42 Å². The summed E-state index contributed by atoms with van der Waals surface area (Å²) in [5.41, 5.74) is 0. The minimum absolute atomic E-state index is 0.114. The fraction of sp³-hybridized carbons (Fsp3) is 0.632. The lowest BCUT2D eigenvalue weighted by atomic mass is 9.92. The smallest absolute Gasteiger partial charge is 0.243 e. The molecule has 0 bridgehead atoms. The van der Waals surface area contributed by atoms with E-state index in [0.717, 1.165) is 13.1 Å². The van der Waals surface area contributed by atoms with Gasteiger partial charge in [0.05, 0.1) is 11.4 Å². The van der Waals surface area contributed by atoms with E-state index in [1.54, 1.807) is 35.2 Å². The lowest BCUT2D eigenvalue weighted by Crippen LogP contribution is -2.53. The summed E-state index contributed by atoms with van der Waals surface area (Å²) >= 11 is 0. The van der Waals surface area contributed by atoms with Gasteiger partial charge >= 0.3 is 0 Å².